The van der Waals surface area contributed by atoms with Crippen molar-refractivity contribution in [3.63, 3.8) is 0 Å². The van der Waals surface area contributed by atoms with E-state index in [0.29, 0.717) is 12.6 Å². The molecule has 0 aliphatic carbocycles. The molecule has 1 unspecified atom stereocenters. The average molecular weight is 209 g/mol. The van der Waals surface area contributed by atoms with E-state index in [-0.39, 0.29) is 0 Å². The van der Waals surface area contributed by atoms with Gasteiger partial charge in [0.2, 0.25) is 0 Å². The van der Waals surface area contributed by atoms with Crippen LogP contribution >= 0.6 is 0 Å². The number of nitrogens with one attached hydrogen (secondary N) is 1. The molecule has 0 spiro atoms. The number of hydrogen-bond donors (Lipinski definition) is 1. The van der Waals surface area contributed by atoms with Crippen molar-refractivity contribution in [1.82, 2.24) is 5.32 Å². The van der Waals surface area contributed by atoms with Gasteiger partial charge in [0.1, 0.15) is 0 Å². The third kappa shape index (κ3) is 3.80. The predicted molar refractivity (Wildman–Crippen MR) is 61.6 cm³/mol. The van der Waals surface area contributed by atoms with Crippen molar-refractivity contribution in [2.24, 2.45) is 0 Å². The molecule has 0 aliphatic heterocycles. The zero-order valence-corrected chi connectivity index (χ0v) is 9.62. The van der Waals surface area contributed by atoms with E-state index in [0.717, 1.165) is 17.9 Å². The molecule has 1 aromatic rings. The molecule has 0 aliphatic rings. The molecule has 3 heteroatoms. The Bertz CT molecular complexity index is 289. The first-order valence-corrected chi connectivity index (χ1v) is 5.21. The Hall–Kier alpha value is -1.22. The highest BCUT2D eigenvalue weighted by Crippen LogP contribution is 2.25. The van der Waals surface area contributed by atoms with E-state index in [1.807, 2.05) is 31.3 Å². The van der Waals surface area contributed by atoms with Gasteiger partial charge in [0, 0.05) is 6.04 Å². The lowest BCUT2D eigenvalue weighted by Gasteiger charge is -2.13. The van der Waals surface area contributed by atoms with Gasteiger partial charge in [-0.3, -0.25) is 0 Å². The van der Waals surface area contributed by atoms with Gasteiger partial charge in [0.15, 0.2) is 11.5 Å². The summed E-state index contributed by atoms with van der Waals surface area (Å²) < 4.78 is 10.8. The molecule has 1 rings (SSSR count). The summed E-state index contributed by atoms with van der Waals surface area (Å²) in [6, 6.07) is 8.17. The lowest BCUT2D eigenvalue weighted by molar-refractivity contribution is 0.276. The Labute approximate surface area is 91.4 Å². The molecule has 0 aromatic heterocycles. The summed E-state index contributed by atoms with van der Waals surface area (Å²) in [6.45, 7) is 2.83. The molecule has 0 saturated carbocycles. The van der Waals surface area contributed by atoms with Gasteiger partial charge in [0.25, 0.3) is 0 Å². The maximum absolute atomic E-state index is 5.64. The number of ether oxygens (including phenoxy) is 2. The fraction of sp³-hybridized carbons (Fsp3) is 0.500. The van der Waals surface area contributed by atoms with Gasteiger partial charge in [-0.2, -0.15) is 0 Å². The van der Waals surface area contributed by atoms with E-state index >= 15 is 0 Å². The molecule has 15 heavy (non-hydrogen) atoms. The van der Waals surface area contributed by atoms with Crippen molar-refractivity contribution >= 4 is 0 Å². The maximum Gasteiger partial charge on any atom is 0.161 e. The first-order valence-electron chi connectivity index (χ1n) is 5.21. The standard InChI is InChI=1S/C12H19NO2/c1-10(13-2)8-9-15-12-7-5-4-6-11(12)14-3/h4-7,10,13H,8-9H2,1-3H3. The Kier molecular flexibility index (Phi) is 4.98. The second-order valence-electron chi connectivity index (χ2n) is 3.48. The molecule has 84 valence electrons. The summed E-state index contributed by atoms with van der Waals surface area (Å²) >= 11 is 0. The van der Waals surface area contributed by atoms with Crippen LogP contribution in [-0.4, -0.2) is 26.8 Å². The molecule has 1 atom stereocenters. The third-order valence-corrected chi connectivity index (χ3v) is 2.37. The average Bonchev–Trinajstić information content (AvgIpc) is 2.29. The van der Waals surface area contributed by atoms with Crippen LogP contribution in [0.25, 0.3) is 0 Å². The van der Waals surface area contributed by atoms with Crippen molar-refractivity contribution in [3.05, 3.63) is 24.3 Å². The van der Waals surface area contributed by atoms with Gasteiger partial charge in [-0.25, -0.2) is 0 Å². The quantitative estimate of drug-likeness (QED) is 0.778. The van der Waals surface area contributed by atoms with Gasteiger partial charge < -0.3 is 14.8 Å². The lowest BCUT2D eigenvalue weighted by atomic mass is 10.2. The highest BCUT2D eigenvalue weighted by Gasteiger charge is 2.03. The van der Waals surface area contributed by atoms with Crippen LogP contribution < -0.4 is 14.8 Å². The Morgan fingerprint density at radius 2 is 1.93 bits per heavy atom. The molecule has 0 fully saturated rings. The van der Waals surface area contributed by atoms with Crippen LogP contribution in [-0.2, 0) is 0 Å². The summed E-state index contributed by atoms with van der Waals surface area (Å²) in [5.41, 5.74) is 0. The minimum Gasteiger partial charge on any atom is -0.493 e. The van der Waals surface area contributed by atoms with Crippen LogP contribution in [0.4, 0.5) is 0 Å². The van der Waals surface area contributed by atoms with E-state index < -0.39 is 0 Å². The Morgan fingerprint density at radius 1 is 1.27 bits per heavy atom. The van der Waals surface area contributed by atoms with Crippen molar-refractivity contribution in [2.45, 2.75) is 19.4 Å². The molecular weight excluding hydrogens is 190 g/mol. The molecule has 1 N–H and O–H groups in total. The number of methoxy groups -OCH3 is 1. The van der Waals surface area contributed by atoms with E-state index in [1.54, 1.807) is 7.11 Å². The first kappa shape index (κ1) is 11.9. The predicted octanol–water partition coefficient (Wildman–Crippen LogP) is 2.07. The second-order valence-corrected chi connectivity index (χ2v) is 3.48. The molecule has 0 saturated heterocycles. The summed E-state index contributed by atoms with van der Waals surface area (Å²) in [4.78, 5) is 0. The number of hydrogen-bond acceptors (Lipinski definition) is 3. The molecule has 0 amide bonds. The number of rotatable bonds is 6. The Morgan fingerprint density at radius 3 is 2.53 bits per heavy atom. The summed E-state index contributed by atoms with van der Waals surface area (Å²) in [7, 11) is 3.60. The molecular formula is C12H19NO2. The largest absolute Gasteiger partial charge is 0.493 e. The van der Waals surface area contributed by atoms with E-state index in [9.17, 15) is 0 Å². The first-order chi connectivity index (χ1) is 7.27. The molecule has 0 heterocycles. The van der Waals surface area contributed by atoms with Crippen molar-refractivity contribution < 1.29 is 9.47 Å². The van der Waals surface area contributed by atoms with Crippen LogP contribution in [0.1, 0.15) is 13.3 Å². The third-order valence-electron chi connectivity index (χ3n) is 2.37. The number of benzene rings is 1. The lowest BCUT2D eigenvalue weighted by Crippen LogP contribution is -2.23. The fourth-order valence-corrected chi connectivity index (χ4v) is 1.23. The molecule has 1 aromatic carbocycles. The summed E-state index contributed by atoms with van der Waals surface area (Å²) in [6.07, 6.45) is 0.981. The SMILES string of the molecule is CNC(C)CCOc1ccccc1OC. The minimum absolute atomic E-state index is 0.472. The normalized spacial score (nSPS) is 12.2. The topological polar surface area (TPSA) is 30.5 Å². The van der Waals surface area contributed by atoms with Crippen LogP contribution in [0.2, 0.25) is 0 Å². The monoisotopic (exact) mass is 209 g/mol. The summed E-state index contributed by atoms with van der Waals surface area (Å²) in [5, 5.41) is 3.17. The van der Waals surface area contributed by atoms with E-state index in [1.165, 1.54) is 0 Å². The second kappa shape index (κ2) is 6.30. The zero-order valence-electron chi connectivity index (χ0n) is 9.62. The van der Waals surface area contributed by atoms with Gasteiger partial charge in [0.05, 0.1) is 13.7 Å². The van der Waals surface area contributed by atoms with Crippen molar-refractivity contribution in [3.8, 4) is 11.5 Å². The van der Waals surface area contributed by atoms with Crippen LogP contribution in [0, 0.1) is 0 Å². The van der Waals surface area contributed by atoms with E-state index in [2.05, 4.69) is 12.2 Å². The highest BCUT2D eigenvalue weighted by molar-refractivity contribution is 5.39. The van der Waals surface area contributed by atoms with Crippen molar-refractivity contribution in [2.75, 3.05) is 20.8 Å². The summed E-state index contributed by atoms with van der Waals surface area (Å²) in [5.74, 6) is 1.60. The number of para-hydroxylation sites is 2. The molecule has 0 bridgehead atoms. The van der Waals surface area contributed by atoms with Crippen molar-refractivity contribution in [1.29, 1.82) is 0 Å². The zero-order chi connectivity index (χ0) is 11.1. The molecule has 3 nitrogen and oxygen atoms in total. The van der Waals surface area contributed by atoms with Crippen LogP contribution in [0.3, 0.4) is 0 Å². The van der Waals surface area contributed by atoms with Gasteiger partial charge in [-0.05, 0) is 32.5 Å². The van der Waals surface area contributed by atoms with Gasteiger partial charge >= 0.3 is 0 Å². The van der Waals surface area contributed by atoms with Gasteiger partial charge in [-0.15, -0.1) is 0 Å². The van der Waals surface area contributed by atoms with E-state index in [4.69, 9.17) is 9.47 Å². The van der Waals surface area contributed by atoms with Crippen LogP contribution in [0.15, 0.2) is 24.3 Å². The van der Waals surface area contributed by atoms with Gasteiger partial charge in [-0.1, -0.05) is 12.1 Å². The fourth-order valence-electron chi connectivity index (χ4n) is 1.23. The highest BCUT2D eigenvalue weighted by atomic mass is 16.5. The van der Waals surface area contributed by atoms with Crippen LogP contribution in [0.5, 0.6) is 11.5 Å². The Balaban J connectivity index is 2.43. The minimum atomic E-state index is 0.472. The molecule has 0 radical (unpaired) electrons. The smallest absolute Gasteiger partial charge is 0.161 e. The maximum atomic E-state index is 5.64.